The molecule has 0 bridgehead atoms. The summed E-state index contributed by atoms with van der Waals surface area (Å²) in [4.78, 5) is 4.28. The van der Waals surface area contributed by atoms with Gasteiger partial charge < -0.3 is 14.4 Å². The fourth-order valence-corrected chi connectivity index (χ4v) is 6.85. The zero-order valence-electron chi connectivity index (χ0n) is 17.6. The van der Waals surface area contributed by atoms with Gasteiger partial charge >= 0.3 is 7.60 Å². The number of anilines is 1. The first kappa shape index (κ1) is 21.5. The number of nitrogens with one attached hydrogen (secondary N) is 1. The van der Waals surface area contributed by atoms with Gasteiger partial charge in [-0.2, -0.15) is 0 Å². The third-order valence-electron chi connectivity index (χ3n) is 6.09. The molecule has 0 aliphatic heterocycles. The maximum atomic E-state index is 14.5. The molecular formula is C24H33N2O3P. The first-order valence-corrected chi connectivity index (χ1v) is 13.0. The van der Waals surface area contributed by atoms with Crippen LogP contribution in [0.3, 0.4) is 0 Å². The third-order valence-corrected chi connectivity index (χ3v) is 8.33. The van der Waals surface area contributed by atoms with Gasteiger partial charge in [-0.3, -0.25) is 9.55 Å². The fraction of sp³-hybridized carbons (Fsp3) is 0.542. The van der Waals surface area contributed by atoms with E-state index in [1.165, 1.54) is 12.8 Å². The first-order valence-electron chi connectivity index (χ1n) is 11.4. The number of benzene rings is 1. The average Bonchev–Trinajstić information content (AvgIpc) is 2.80. The van der Waals surface area contributed by atoms with Crippen LogP contribution in [-0.4, -0.2) is 17.2 Å². The molecule has 0 unspecified atom stereocenters. The van der Waals surface area contributed by atoms with E-state index in [4.69, 9.17) is 9.05 Å². The molecule has 1 aromatic heterocycles. The Labute approximate surface area is 180 Å². The van der Waals surface area contributed by atoms with Crippen molar-refractivity contribution in [3.05, 3.63) is 60.4 Å². The summed E-state index contributed by atoms with van der Waals surface area (Å²) in [7, 11) is -3.50. The van der Waals surface area contributed by atoms with Crippen molar-refractivity contribution < 1.29 is 13.6 Å². The second-order valence-electron chi connectivity index (χ2n) is 8.47. The van der Waals surface area contributed by atoms with Crippen LogP contribution in [0.15, 0.2) is 54.9 Å². The van der Waals surface area contributed by atoms with E-state index in [1.807, 2.05) is 42.5 Å². The van der Waals surface area contributed by atoms with Gasteiger partial charge in [-0.05, 0) is 43.9 Å². The minimum absolute atomic E-state index is 0.00933. The molecule has 1 heterocycles. The Bertz CT molecular complexity index is 782. The van der Waals surface area contributed by atoms with E-state index in [1.54, 1.807) is 12.4 Å². The van der Waals surface area contributed by atoms with Crippen molar-refractivity contribution in [1.29, 1.82) is 0 Å². The number of rotatable bonds is 8. The minimum Gasteiger partial charge on any atom is -0.368 e. The second-order valence-corrected chi connectivity index (χ2v) is 10.5. The monoisotopic (exact) mass is 428 g/mol. The second kappa shape index (κ2) is 10.6. The Balaban J connectivity index is 1.66. The van der Waals surface area contributed by atoms with E-state index in [0.717, 1.165) is 62.6 Å². The zero-order valence-corrected chi connectivity index (χ0v) is 18.5. The Morgan fingerprint density at radius 3 is 1.97 bits per heavy atom. The van der Waals surface area contributed by atoms with Crippen molar-refractivity contribution in [3.63, 3.8) is 0 Å². The summed E-state index contributed by atoms with van der Waals surface area (Å²) in [6, 6.07) is 13.7. The number of hydrogen-bond donors (Lipinski definition) is 1. The van der Waals surface area contributed by atoms with Gasteiger partial charge in [0, 0.05) is 23.6 Å². The minimum atomic E-state index is -3.50. The smallest absolute Gasteiger partial charge is 0.357 e. The summed E-state index contributed by atoms with van der Waals surface area (Å²) >= 11 is 0. The van der Waals surface area contributed by atoms with Gasteiger partial charge in [-0.25, -0.2) is 0 Å². The lowest BCUT2D eigenvalue weighted by Crippen LogP contribution is -2.25. The van der Waals surface area contributed by atoms with Crippen molar-refractivity contribution in [2.75, 3.05) is 5.32 Å². The van der Waals surface area contributed by atoms with E-state index < -0.39 is 13.4 Å². The summed E-state index contributed by atoms with van der Waals surface area (Å²) in [5, 5.41) is 3.46. The van der Waals surface area contributed by atoms with Crippen LogP contribution in [0.1, 0.15) is 75.6 Å². The molecule has 162 valence electrons. The molecule has 2 aliphatic carbocycles. The predicted molar refractivity (Wildman–Crippen MR) is 121 cm³/mol. The number of aromatic nitrogens is 1. The molecule has 4 rings (SSSR count). The lowest BCUT2D eigenvalue weighted by atomic mass is 9.98. The zero-order chi connectivity index (χ0) is 20.7. The highest BCUT2D eigenvalue weighted by molar-refractivity contribution is 7.54. The summed E-state index contributed by atoms with van der Waals surface area (Å²) in [5.74, 6) is -0.586. The van der Waals surface area contributed by atoms with Gasteiger partial charge in [-0.1, -0.05) is 62.8 Å². The summed E-state index contributed by atoms with van der Waals surface area (Å²) < 4.78 is 27.3. The van der Waals surface area contributed by atoms with E-state index in [-0.39, 0.29) is 12.2 Å². The maximum absolute atomic E-state index is 14.5. The van der Waals surface area contributed by atoms with Crippen LogP contribution in [0.5, 0.6) is 0 Å². The fourth-order valence-electron chi connectivity index (χ4n) is 4.48. The van der Waals surface area contributed by atoms with Crippen molar-refractivity contribution in [2.45, 2.75) is 82.2 Å². The molecule has 30 heavy (non-hydrogen) atoms. The molecule has 2 aliphatic rings. The molecule has 0 spiro atoms. The first-order chi connectivity index (χ1) is 14.7. The Hall–Kier alpha value is -1.68. The lowest BCUT2D eigenvalue weighted by Gasteiger charge is -2.35. The Morgan fingerprint density at radius 1 is 0.833 bits per heavy atom. The highest BCUT2D eigenvalue weighted by Crippen LogP contribution is 2.63. The van der Waals surface area contributed by atoms with Crippen molar-refractivity contribution in [1.82, 2.24) is 4.98 Å². The average molecular weight is 429 g/mol. The quantitative estimate of drug-likeness (QED) is 0.455. The maximum Gasteiger partial charge on any atom is 0.357 e. The molecule has 2 aromatic rings. The molecule has 1 atom stereocenters. The Morgan fingerprint density at radius 2 is 1.43 bits per heavy atom. The lowest BCUT2D eigenvalue weighted by molar-refractivity contribution is 0.0758. The highest BCUT2D eigenvalue weighted by atomic mass is 31.2. The van der Waals surface area contributed by atoms with Crippen molar-refractivity contribution in [3.8, 4) is 0 Å². The number of nitrogens with zero attached hydrogens (tertiary/aromatic N) is 1. The molecular weight excluding hydrogens is 395 g/mol. The largest absolute Gasteiger partial charge is 0.368 e. The molecule has 5 nitrogen and oxygen atoms in total. The number of pyridine rings is 1. The normalized spacial score (nSPS) is 20.0. The van der Waals surface area contributed by atoms with Crippen LogP contribution in [0.25, 0.3) is 0 Å². The van der Waals surface area contributed by atoms with Crippen LogP contribution in [0.2, 0.25) is 0 Å². The molecule has 0 radical (unpaired) electrons. The van der Waals surface area contributed by atoms with E-state index >= 15 is 0 Å². The van der Waals surface area contributed by atoms with Crippen LogP contribution >= 0.6 is 7.60 Å². The molecule has 0 saturated heterocycles. The van der Waals surface area contributed by atoms with E-state index in [9.17, 15) is 4.57 Å². The molecule has 2 fully saturated rings. The standard InChI is InChI=1S/C24H33N2O3P/c27-30(28-22-14-6-2-7-15-22,29-23-16-8-3-9-17-23)24(20-11-10-18-25-19-20)26-21-12-4-1-5-13-21/h1,4-5,10-13,18-19,22-24,26H,2-3,6-9,14-17H2/t24-/m1/s1. The summed E-state index contributed by atoms with van der Waals surface area (Å²) in [5.41, 5.74) is 1.72. The van der Waals surface area contributed by atoms with Crippen LogP contribution < -0.4 is 5.32 Å². The molecule has 6 heteroatoms. The van der Waals surface area contributed by atoms with Gasteiger partial charge in [0.05, 0.1) is 12.2 Å². The number of para-hydroxylation sites is 1. The SMILES string of the molecule is O=P(OC1CCCCC1)(OC1CCCCC1)[C@@H](Nc1ccccc1)c1cccnc1. The number of hydrogen-bond acceptors (Lipinski definition) is 5. The van der Waals surface area contributed by atoms with Crippen molar-refractivity contribution in [2.24, 2.45) is 0 Å². The van der Waals surface area contributed by atoms with Gasteiger partial charge in [0.25, 0.3) is 0 Å². The van der Waals surface area contributed by atoms with Crippen LogP contribution in [-0.2, 0) is 13.6 Å². The summed E-state index contributed by atoms with van der Waals surface area (Å²) in [6.45, 7) is 0. The predicted octanol–water partition coefficient (Wildman–Crippen LogP) is 7.08. The van der Waals surface area contributed by atoms with Crippen molar-refractivity contribution >= 4 is 13.3 Å². The summed E-state index contributed by atoms with van der Waals surface area (Å²) in [6.07, 6.45) is 14.2. The van der Waals surface area contributed by atoms with E-state index in [2.05, 4.69) is 10.3 Å². The van der Waals surface area contributed by atoms with Gasteiger partial charge in [0.2, 0.25) is 0 Å². The molecule has 2 saturated carbocycles. The topological polar surface area (TPSA) is 60.5 Å². The molecule has 0 amide bonds. The highest BCUT2D eigenvalue weighted by Gasteiger charge is 2.42. The van der Waals surface area contributed by atoms with Crippen LogP contribution in [0, 0.1) is 0 Å². The molecule has 1 N–H and O–H groups in total. The van der Waals surface area contributed by atoms with E-state index in [0.29, 0.717) is 0 Å². The van der Waals surface area contributed by atoms with Gasteiger partial charge in [0.15, 0.2) is 5.78 Å². The van der Waals surface area contributed by atoms with Gasteiger partial charge in [-0.15, -0.1) is 0 Å². The molecule has 1 aromatic carbocycles. The van der Waals surface area contributed by atoms with Gasteiger partial charge in [0.1, 0.15) is 0 Å². The Kier molecular flexibility index (Phi) is 7.59. The van der Waals surface area contributed by atoms with Crippen LogP contribution in [0.4, 0.5) is 5.69 Å². The third kappa shape index (κ3) is 5.72.